The lowest BCUT2D eigenvalue weighted by Gasteiger charge is -2.55. The van der Waals surface area contributed by atoms with Crippen molar-refractivity contribution in [2.45, 2.75) is 71.4 Å². The summed E-state index contributed by atoms with van der Waals surface area (Å²) < 4.78 is 0. The van der Waals surface area contributed by atoms with Crippen LogP contribution in [0.25, 0.3) is 0 Å². The molecule has 3 heteroatoms. The van der Waals surface area contributed by atoms with Crippen molar-refractivity contribution in [1.82, 2.24) is 9.80 Å². The monoisotopic (exact) mass is 295 g/mol. The van der Waals surface area contributed by atoms with Gasteiger partial charge in [0.25, 0.3) is 0 Å². The quantitative estimate of drug-likeness (QED) is 0.850. The maximum atomic E-state index is 6.29. The van der Waals surface area contributed by atoms with Gasteiger partial charge in [0.05, 0.1) is 0 Å². The highest BCUT2D eigenvalue weighted by molar-refractivity contribution is 5.02. The molecular weight excluding hydrogens is 258 g/mol. The molecule has 21 heavy (non-hydrogen) atoms. The van der Waals surface area contributed by atoms with Crippen LogP contribution in [0.5, 0.6) is 0 Å². The van der Waals surface area contributed by atoms with Crippen LogP contribution < -0.4 is 5.73 Å². The first-order valence-electron chi connectivity index (χ1n) is 8.77. The van der Waals surface area contributed by atoms with Crippen LogP contribution in [-0.4, -0.2) is 54.1 Å². The number of piperazine rings is 1. The zero-order valence-corrected chi connectivity index (χ0v) is 15.2. The minimum Gasteiger partial charge on any atom is -0.329 e. The summed E-state index contributed by atoms with van der Waals surface area (Å²) in [5.74, 6) is 0.859. The Kier molecular flexibility index (Phi) is 4.78. The molecule has 0 amide bonds. The Balaban J connectivity index is 2.07. The summed E-state index contributed by atoms with van der Waals surface area (Å²) in [6.07, 6.45) is 5.25. The average Bonchev–Trinajstić information content (AvgIpc) is 2.41. The SMILES string of the molecule is CN1CCN(C2(CN)CCC(C(C)(C)C)CC2)CC1(C)C. The van der Waals surface area contributed by atoms with Gasteiger partial charge in [0.1, 0.15) is 0 Å². The topological polar surface area (TPSA) is 32.5 Å². The van der Waals surface area contributed by atoms with Crippen LogP contribution in [0.4, 0.5) is 0 Å². The van der Waals surface area contributed by atoms with E-state index in [1.807, 2.05) is 0 Å². The number of likely N-dealkylation sites (N-methyl/N-ethyl adjacent to an activating group) is 1. The van der Waals surface area contributed by atoms with Crippen molar-refractivity contribution in [2.75, 3.05) is 33.2 Å². The van der Waals surface area contributed by atoms with Crippen LogP contribution in [0.1, 0.15) is 60.3 Å². The third kappa shape index (κ3) is 3.46. The fraction of sp³-hybridized carbons (Fsp3) is 1.00. The molecule has 124 valence electrons. The Bertz CT molecular complexity index is 348. The molecule has 1 saturated carbocycles. The largest absolute Gasteiger partial charge is 0.329 e. The highest BCUT2D eigenvalue weighted by Gasteiger charge is 2.45. The second-order valence-electron chi connectivity index (χ2n) is 9.22. The predicted octanol–water partition coefficient (Wildman–Crippen LogP) is 2.95. The summed E-state index contributed by atoms with van der Waals surface area (Å²) in [4.78, 5) is 5.22. The molecule has 1 heterocycles. The second-order valence-corrected chi connectivity index (χ2v) is 9.22. The maximum absolute atomic E-state index is 6.29. The molecule has 0 spiro atoms. The maximum Gasteiger partial charge on any atom is 0.0333 e. The van der Waals surface area contributed by atoms with E-state index in [1.165, 1.54) is 32.2 Å². The van der Waals surface area contributed by atoms with E-state index in [4.69, 9.17) is 5.73 Å². The first-order chi connectivity index (χ1) is 9.61. The van der Waals surface area contributed by atoms with Crippen molar-refractivity contribution in [3.05, 3.63) is 0 Å². The van der Waals surface area contributed by atoms with E-state index in [0.717, 1.165) is 25.6 Å². The number of hydrogen-bond donors (Lipinski definition) is 1. The van der Waals surface area contributed by atoms with Gasteiger partial charge in [-0.05, 0) is 57.9 Å². The Hall–Kier alpha value is -0.120. The van der Waals surface area contributed by atoms with Crippen molar-refractivity contribution in [3.8, 4) is 0 Å². The molecule has 0 bridgehead atoms. The van der Waals surface area contributed by atoms with Crippen LogP contribution in [0, 0.1) is 11.3 Å². The molecule has 0 aromatic rings. The molecule has 1 aliphatic heterocycles. The minimum absolute atomic E-state index is 0.264. The molecule has 1 saturated heterocycles. The Morgan fingerprint density at radius 1 is 1.10 bits per heavy atom. The number of hydrogen-bond acceptors (Lipinski definition) is 3. The van der Waals surface area contributed by atoms with E-state index in [2.05, 4.69) is 51.5 Å². The lowest BCUT2D eigenvalue weighted by molar-refractivity contribution is -0.0484. The van der Waals surface area contributed by atoms with E-state index in [9.17, 15) is 0 Å². The van der Waals surface area contributed by atoms with Gasteiger partial charge in [-0.25, -0.2) is 0 Å². The van der Waals surface area contributed by atoms with E-state index in [1.54, 1.807) is 0 Å². The summed E-state index contributed by atoms with van der Waals surface area (Å²) in [5.41, 5.74) is 7.27. The molecule has 2 fully saturated rings. The zero-order chi connectivity index (χ0) is 15.9. The summed E-state index contributed by atoms with van der Waals surface area (Å²) in [6.45, 7) is 16.2. The zero-order valence-electron chi connectivity index (χ0n) is 15.2. The van der Waals surface area contributed by atoms with Crippen molar-refractivity contribution in [2.24, 2.45) is 17.1 Å². The molecule has 0 atom stereocenters. The smallest absolute Gasteiger partial charge is 0.0333 e. The van der Waals surface area contributed by atoms with E-state index in [0.29, 0.717) is 5.41 Å². The van der Waals surface area contributed by atoms with Gasteiger partial charge >= 0.3 is 0 Å². The molecule has 3 nitrogen and oxygen atoms in total. The summed E-state index contributed by atoms with van der Waals surface area (Å²) in [6, 6.07) is 0. The van der Waals surface area contributed by atoms with Crippen LogP contribution >= 0.6 is 0 Å². The Morgan fingerprint density at radius 3 is 2.10 bits per heavy atom. The molecule has 0 radical (unpaired) electrons. The second kappa shape index (κ2) is 5.82. The number of nitrogens with zero attached hydrogens (tertiary/aromatic N) is 2. The van der Waals surface area contributed by atoms with Crippen LogP contribution in [0.2, 0.25) is 0 Å². The van der Waals surface area contributed by atoms with Crippen molar-refractivity contribution in [3.63, 3.8) is 0 Å². The molecular formula is C18H37N3. The molecule has 2 aliphatic rings. The molecule has 0 aromatic heterocycles. The molecule has 1 aliphatic carbocycles. The molecule has 0 aromatic carbocycles. The predicted molar refractivity (Wildman–Crippen MR) is 91.5 cm³/mol. The van der Waals surface area contributed by atoms with Crippen LogP contribution in [0.3, 0.4) is 0 Å². The van der Waals surface area contributed by atoms with Gasteiger partial charge in [0.15, 0.2) is 0 Å². The van der Waals surface area contributed by atoms with Crippen molar-refractivity contribution in [1.29, 1.82) is 0 Å². The number of nitrogens with two attached hydrogens (primary N) is 1. The van der Waals surface area contributed by atoms with Gasteiger partial charge in [0.2, 0.25) is 0 Å². The standard InChI is InChI=1S/C18H37N3/c1-16(2,3)15-7-9-18(13-19,10-8-15)21-12-11-20(6)17(4,5)14-21/h15H,7-14,19H2,1-6H3. The van der Waals surface area contributed by atoms with Gasteiger partial charge in [0, 0.05) is 37.3 Å². The summed E-state index contributed by atoms with van der Waals surface area (Å²) in [7, 11) is 2.25. The van der Waals surface area contributed by atoms with E-state index >= 15 is 0 Å². The molecule has 2 rings (SSSR count). The summed E-state index contributed by atoms with van der Waals surface area (Å²) >= 11 is 0. The van der Waals surface area contributed by atoms with Crippen LogP contribution in [-0.2, 0) is 0 Å². The van der Waals surface area contributed by atoms with Crippen molar-refractivity contribution >= 4 is 0 Å². The van der Waals surface area contributed by atoms with Gasteiger partial charge < -0.3 is 5.73 Å². The van der Waals surface area contributed by atoms with Gasteiger partial charge in [-0.2, -0.15) is 0 Å². The highest BCUT2D eigenvalue weighted by Crippen LogP contribution is 2.44. The van der Waals surface area contributed by atoms with Gasteiger partial charge in [-0.15, -0.1) is 0 Å². The van der Waals surface area contributed by atoms with Gasteiger partial charge in [-0.1, -0.05) is 20.8 Å². The fourth-order valence-corrected chi connectivity index (χ4v) is 4.32. The third-order valence-corrected chi connectivity index (χ3v) is 6.51. The average molecular weight is 296 g/mol. The first kappa shape index (κ1) is 17.2. The Labute approximate surface area is 132 Å². The molecule has 0 unspecified atom stereocenters. The van der Waals surface area contributed by atoms with Crippen molar-refractivity contribution < 1.29 is 0 Å². The third-order valence-electron chi connectivity index (χ3n) is 6.51. The first-order valence-corrected chi connectivity index (χ1v) is 8.77. The highest BCUT2D eigenvalue weighted by atomic mass is 15.3. The molecule has 2 N–H and O–H groups in total. The lowest BCUT2D eigenvalue weighted by atomic mass is 9.66. The fourth-order valence-electron chi connectivity index (χ4n) is 4.32. The normalized spacial score (nSPS) is 35.9. The number of rotatable bonds is 2. The van der Waals surface area contributed by atoms with E-state index < -0.39 is 0 Å². The van der Waals surface area contributed by atoms with Crippen LogP contribution in [0.15, 0.2) is 0 Å². The van der Waals surface area contributed by atoms with Gasteiger partial charge in [-0.3, -0.25) is 9.80 Å². The Morgan fingerprint density at radius 2 is 1.67 bits per heavy atom. The lowest BCUT2D eigenvalue weighted by Crippen LogP contribution is -2.66. The van der Waals surface area contributed by atoms with E-state index in [-0.39, 0.29) is 11.1 Å². The minimum atomic E-state index is 0.264. The summed E-state index contributed by atoms with van der Waals surface area (Å²) in [5, 5.41) is 0.